The molecule has 0 spiro atoms. The fourth-order valence-electron chi connectivity index (χ4n) is 3.63. The monoisotopic (exact) mass is 504 g/mol. The zero-order valence-corrected chi connectivity index (χ0v) is 21.2. The molecule has 0 saturated heterocycles. The molecule has 1 N–H and O–H groups in total. The summed E-state index contributed by atoms with van der Waals surface area (Å²) in [6, 6.07) is 14.1. The van der Waals surface area contributed by atoms with Crippen molar-refractivity contribution in [1.29, 1.82) is 0 Å². The second kappa shape index (κ2) is 10.7. The predicted molar refractivity (Wildman–Crippen MR) is 134 cm³/mol. The first-order chi connectivity index (χ1) is 16.0. The average Bonchev–Trinajstić information content (AvgIpc) is 2.91. The molecule has 2 aromatic carbocycles. The van der Waals surface area contributed by atoms with Crippen LogP contribution in [-0.2, 0) is 19.8 Å². The van der Waals surface area contributed by atoms with E-state index < -0.39 is 22.2 Å². The highest BCUT2D eigenvalue weighted by molar-refractivity contribution is 7.87. The van der Waals surface area contributed by atoms with Gasteiger partial charge in [-0.15, -0.1) is 0 Å². The molecular formula is C24H29ClN4O4S. The fourth-order valence-corrected chi connectivity index (χ4v) is 4.37. The Labute approximate surface area is 205 Å². The molecule has 0 unspecified atom stereocenters. The standard InChI is InChI=1S/C24H29ClN4O4S/c1-5-16(2)22-24(31)29(14-13-21(30)27-34(32,33)28(3)4)20-12-11-18(25)15-19(20)23(26-22)17-9-7-6-8-10-17/h6-12,15-16,22H,5,13-14H2,1-4H3,(H,27,30)/t16-,22-/m0/s1. The molecule has 2 atom stereocenters. The molecule has 0 radical (unpaired) electrons. The Bertz CT molecular complexity index is 1200. The van der Waals surface area contributed by atoms with Gasteiger partial charge in [0.05, 0.1) is 11.4 Å². The number of hydrogen-bond acceptors (Lipinski definition) is 5. The first-order valence-electron chi connectivity index (χ1n) is 11.0. The highest BCUT2D eigenvalue weighted by Crippen LogP contribution is 2.33. The number of benzodiazepines with no additional fused rings is 1. The second-order valence-electron chi connectivity index (χ2n) is 8.39. The minimum absolute atomic E-state index is 0.00717. The lowest BCUT2D eigenvalue weighted by Gasteiger charge is -2.27. The Balaban J connectivity index is 2.04. The summed E-state index contributed by atoms with van der Waals surface area (Å²) in [5, 5.41) is 0.492. The SMILES string of the molecule is CC[C@H](C)[C@@H]1N=C(c2ccccc2)c2cc(Cl)ccc2N(CCC(=O)NS(=O)(=O)N(C)C)C1=O. The van der Waals surface area contributed by atoms with Gasteiger partial charge < -0.3 is 4.90 Å². The van der Waals surface area contributed by atoms with Crippen molar-refractivity contribution in [3.63, 3.8) is 0 Å². The summed E-state index contributed by atoms with van der Waals surface area (Å²) in [6.45, 7) is 3.95. The van der Waals surface area contributed by atoms with Crippen molar-refractivity contribution in [3.8, 4) is 0 Å². The van der Waals surface area contributed by atoms with Crippen LogP contribution in [0.4, 0.5) is 5.69 Å². The molecule has 1 heterocycles. The van der Waals surface area contributed by atoms with Crippen LogP contribution in [0.5, 0.6) is 0 Å². The third kappa shape index (κ3) is 5.65. The van der Waals surface area contributed by atoms with Crippen LogP contribution in [0.25, 0.3) is 0 Å². The number of benzene rings is 2. The number of hydrogen-bond donors (Lipinski definition) is 1. The number of halogens is 1. The molecule has 2 aromatic rings. The Morgan fingerprint density at radius 1 is 1.21 bits per heavy atom. The van der Waals surface area contributed by atoms with Gasteiger partial charge in [-0.05, 0) is 24.1 Å². The Morgan fingerprint density at radius 3 is 2.50 bits per heavy atom. The third-order valence-corrected chi connectivity index (χ3v) is 7.49. The summed E-state index contributed by atoms with van der Waals surface area (Å²) in [7, 11) is -1.27. The molecule has 0 aromatic heterocycles. The first-order valence-corrected chi connectivity index (χ1v) is 12.8. The minimum atomic E-state index is -3.92. The Hall–Kier alpha value is -2.75. The highest BCUT2D eigenvalue weighted by Gasteiger charge is 2.35. The van der Waals surface area contributed by atoms with Crippen molar-refractivity contribution in [2.45, 2.75) is 32.7 Å². The van der Waals surface area contributed by atoms with Crippen molar-refractivity contribution >= 4 is 45.0 Å². The van der Waals surface area contributed by atoms with Gasteiger partial charge in [0.15, 0.2) is 0 Å². The van der Waals surface area contributed by atoms with Gasteiger partial charge in [0.1, 0.15) is 6.04 Å². The summed E-state index contributed by atoms with van der Waals surface area (Å²) in [5.74, 6) is -1.00. The summed E-state index contributed by atoms with van der Waals surface area (Å²) in [4.78, 5) is 32.5. The second-order valence-corrected chi connectivity index (χ2v) is 10.7. The summed E-state index contributed by atoms with van der Waals surface area (Å²) < 4.78 is 26.9. The topological polar surface area (TPSA) is 99.2 Å². The number of rotatable bonds is 8. The highest BCUT2D eigenvalue weighted by atomic mass is 35.5. The maximum Gasteiger partial charge on any atom is 0.303 e. The van der Waals surface area contributed by atoms with E-state index in [2.05, 4.69) is 0 Å². The van der Waals surface area contributed by atoms with Crippen LogP contribution in [0.15, 0.2) is 53.5 Å². The van der Waals surface area contributed by atoms with Crippen LogP contribution in [-0.4, -0.2) is 56.9 Å². The molecule has 1 aliphatic heterocycles. The van der Waals surface area contributed by atoms with E-state index in [0.717, 1.165) is 16.3 Å². The van der Waals surface area contributed by atoms with Gasteiger partial charge in [0.2, 0.25) is 5.91 Å². The molecule has 0 bridgehead atoms. The van der Waals surface area contributed by atoms with Gasteiger partial charge in [-0.25, -0.2) is 4.72 Å². The van der Waals surface area contributed by atoms with Gasteiger partial charge in [0.25, 0.3) is 5.91 Å². The lowest BCUT2D eigenvalue weighted by molar-refractivity contribution is -0.121. The smallest absolute Gasteiger partial charge is 0.303 e. The number of nitrogens with zero attached hydrogens (tertiary/aromatic N) is 3. The van der Waals surface area contributed by atoms with E-state index in [4.69, 9.17) is 16.6 Å². The molecule has 0 fully saturated rings. The van der Waals surface area contributed by atoms with Crippen molar-refractivity contribution in [1.82, 2.24) is 9.03 Å². The van der Waals surface area contributed by atoms with Crippen molar-refractivity contribution in [2.75, 3.05) is 25.5 Å². The molecule has 10 heteroatoms. The molecule has 182 valence electrons. The first kappa shape index (κ1) is 25.9. The van der Waals surface area contributed by atoms with E-state index >= 15 is 0 Å². The number of carbonyl (C=O) groups excluding carboxylic acids is 2. The van der Waals surface area contributed by atoms with Crippen LogP contribution in [0, 0.1) is 5.92 Å². The molecule has 2 amide bonds. The van der Waals surface area contributed by atoms with Crippen LogP contribution >= 0.6 is 11.6 Å². The van der Waals surface area contributed by atoms with Crippen LogP contribution in [0.1, 0.15) is 37.8 Å². The summed E-state index contributed by atoms with van der Waals surface area (Å²) in [6.07, 6.45) is 0.531. The van der Waals surface area contributed by atoms with E-state index in [1.165, 1.54) is 19.0 Å². The number of amides is 2. The Morgan fingerprint density at radius 2 is 1.88 bits per heavy atom. The third-order valence-electron chi connectivity index (χ3n) is 5.81. The predicted octanol–water partition coefficient (Wildman–Crippen LogP) is 3.25. The lowest BCUT2D eigenvalue weighted by Crippen LogP contribution is -2.44. The number of carbonyl (C=O) groups is 2. The van der Waals surface area contributed by atoms with Crippen molar-refractivity contribution in [3.05, 3.63) is 64.7 Å². The average molecular weight is 505 g/mol. The van der Waals surface area contributed by atoms with Crippen LogP contribution in [0.2, 0.25) is 5.02 Å². The van der Waals surface area contributed by atoms with Gasteiger partial charge in [-0.3, -0.25) is 14.6 Å². The van der Waals surface area contributed by atoms with E-state index in [-0.39, 0.29) is 24.8 Å². The van der Waals surface area contributed by atoms with Crippen molar-refractivity contribution in [2.24, 2.45) is 10.9 Å². The van der Waals surface area contributed by atoms with Crippen LogP contribution < -0.4 is 9.62 Å². The van der Waals surface area contributed by atoms with E-state index in [1.807, 2.05) is 48.9 Å². The normalized spacial score (nSPS) is 17.1. The largest absolute Gasteiger partial charge is 0.309 e. The zero-order valence-electron chi connectivity index (χ0n) is 19.7. The molecule has 8 nitrogen and oxygen atoms in total. The quantitative estimate of drug-likeness (QED) is 0.596. The summed E-state index contributed by atoms with van der Waals surface area (Å²) in [5.41, 5.74) is 2.76. The molecule has 3 rings (SSSR count). The Kier molecular flexibility index (Phi) is 8.12. The maximum absolute atomic E-state index is 13.7. The minimum Gasteiger partial charge on any atom is -0.309 e. The number of anilines is 1. The van der Waals surface area contributed by atoms with E-state index in [1.54, 1.807) is 18.2 Å². The molecule has 1 aliphatic rings. The van der Waals surface area contributed by atoms with Crippen molar-refractivity contribution < 1.29 is 18.0 Å². The summed E-state index contributed by atoms with van der Waals surface area (Å²) >= 11 is 6.33. The lowest BCUT2D eigenvalue weighted by atomic mass is 9.98. The van der Waals surface area contributed by atoms with E-state index in [9.17, 15) is 18.0 Å². The number of aliphatic imine (C=N–C) groups is 1. The van der Waals surface area contributed by atoms with Gasteiger partial charge in [0, 0.05) is 43.2 Å². The van der Waals surface area contributed by atoms with Crippen LogP contribution in [0.3, 0.4) is 0 Å². The van der Waals surface area contributed by atoms with E-state index in [0.29, 0.717) is 22.0 Å². The molecular weight excluding hydrogens is 476 g/mol. The molecule has 0 saturated carbocycles. The number of fused-ring (bicyclic) bond motifs is 1. The fraction of sp³-hybridized carbons (Fsp3) is 0.375. The van der Waals surface area contributed by atoms with Gasteiger partial charge in [-0.1, -0.05) is 62.2 Å². The zero-order chi connectivity index (χ0) is 25.0. The molecule has 0 aliphatic carbocycles. The maximum atomic E-state index is 13.7. The molecule has 34 heavy (non-hydrogen) atoms. The van der Waals surface area contributed by atoms with Gasteiger partial charge in [-0.2, -0.15) is 12.7 Å². The van der Waals surface area contributed by atoms with Gasteiger partial charge >= 0.3 is 10.2 Å². The number of nitrogens with one attached hydrogen (secondary N) is 1.